The van der Waals surface area contributed by atoms with Gasteiger partial charge in [0.05, 0.1) is 6.61 Å². The van der Waals surface area contributed by atoms with Gasteiger partial charge in [-0.1, -0.05) is 0 Å². The molecule has 122 valence electrons. The summed E-state index contributed by atoms with van der Waals surface area (Å²) >= 11 is 0. The molecule has 6 heteroatoms. The Labute approximate surface area is 137 Å². The number of fused-ring (bicyclic) bond motifs is 1. The van der Waals surface area contributed by atoms with Crippen LogP contribution in [0.2, 0.25) is 0 Å². The molecule has 0 radical (unpaired) electrons. The molecule has 0 unspecified atom stereocenters. The SMILES string of the molecule is CCOC(=O)c1cc2ccc(Oc3ccc(N)cc3)cc2oc1=O. The van der Waals surface area contributed by atoms with E-state index >= 15 is 0 Å². The summed E-state index contributed by atoms with van der Waals surface area (Å²) in [7, 11) is 0. The zero-order chi connectivity index (χ0) is 17.1. The first kappa shape index (κ1) is 15.6. The third kappa shape index (κ3) is 3.22. The zero-order valence-electron chi connectivity index (χ0n) is 12.9. The fourth-order valence-corrected chi connectivity index (χ4v) is 2.18. The standard InChI is InChI=1S/C18H15NO5/c1-2-22-17(20)15-9-11-3-6-14(10-16(11)24-18(15)21)23-13-7-4-12(19)5-8-13/h3-10H,2,19H2,1H3. The van der Waals surface area contributed by atoms with Crippen LogP contribution in [0, 0.1) is 0 Å². The molecule has 2 aromatic carbocycles. The normalized spacial score (nSPS) is 10.5. The number of benzene rings is 2. The van der Waals surface area contributed by atoms with Crippen LogP contribution >= 0.6 is 0 Å². The zero-order valence-corrected chi connectivity index (χ0v) is 12.9. The lowest BCUT2D eigenvalue weighted by Crippen LogP contribution is -2.16. The van der Waals surface area contributed by atoms with Crippen molar-refractivity contribution in [3.8, 4) is 11.5 Å². The van der Waals surface area contributed by atoms with Crippen LogP contribution in [0.15, 0.2) is 57.7 Å². The Balaban J connectivity index is 1.94. The Kier molecular flexibility index (Phi) is 4.20. The number of rotatable bonds is 4. The maximum atomic E-state index is 11.9. The third-order valence-electron chi connectivity index (χ3n) is 3.32. The lowest BCUT2D eigenvalue weighted by Gasteiger charge is -2.07. The molecule has 0 aliphatic heterocycles. The number of carbonyl (C=O) groups is 1. The van der Waals surface area contributed by atoms with Crippen LogP contribution in [0.1, 0.15) is 17.3 Å². The molecule has 24 heavy (non-hydrogen) atoms. The largest absolute Gasteiger partial charge is 0.462 e. The van der Waals surface area contributed by atoms with Crippen molar-refractivity contribution < 1.29 is 18.7 Å². The predicted octanol–water partition coefficient (Wildman–Crippen LogP) is 3.34. The molecule has 0 spiro atoms. The average molecular weight is 325 g/mol. The highest BCUT2D eigenvalue weighted by atomic mass is 16.5. The third-order valence-corrected chi connectivity index (χ3v) is 3.32. The first-order chi connectivity index (χ1) is 11.6. The van der Waals surface area contributed by atoms with Gasteiger partial charge in [0.25, 0.3) is 0 Å². The maximum Gasteiger partial charge on any atom is 0.351 e. The minimum atomic E-state index is -0.745. The second-order valence-corrected chi connectivity index (χ2v) is 5.04. The van der Waals surface area contributed by atoms with Crippen LogP contribution < -0.4 is 16.1 Å². The summed E-state index contributed by atoms with van der Waals surface area (Å²) in [6.07, 6.45) is 0. The fraction of sp³-hybridized carbons (Fsp3) is 0.111. The highest BCUT2D eigenvalue weighted by Gasteiger charge is 2.15. The van der Waals surface area contributed by atoms with Gasteiger partial charge in [-0.3, -0.25) is 0 Å². The second kappa shape index (κ2) is 6.45. The van der Waals surface area contributed by atoms with Gasteiger partial charge in [-0.2, -0.15) is 0 Å². The molecular weight excluding hydrogens is 310 g/mol. The molecule has 3 rings (SSSR count). The van der Waals surface area contributed by atoms with Gasteiger partial charge in [0.1, 0.15) is 22.6 Å². The molecule has 1 heterocycles. The first-order valence-electron chi connectivity index (χ1n) is 7.35. The van der Waals surface area contributed by atoms with Gasteiger partial charge in [-0.25, -0.2) is 9.59 Å². The van der Waals surface area contributed by atoms with Crippen molar-refractivity contribution >= 4 is 22.6 Å². The number of hydrogen-bond acceptors (Lipinski definition) is 6. The van der Waals surface area contributed by atoms with Gasteiger partial charge in [0.15, 0.2) is 0 Å². The Morgan fingerprint density at radius 2 is 1.79 bits per heavy atom. The summed E-state index contributed by atoms with van der Waals surface area (Å²) in [5.41, 5.74) is 5.71. The lowest BCUT2D eigenvalue weighted by molar-refractivity contribution is 0.0522. The highest BCUT2D eigenvalue weighted by molar-refractivity contribution is 5.93. The van der Waals surface area contributed by atoms with Crippen molar-refractivity contribution in [1.29, 1.82) is 0 Å². The van der Waals surface area contributed by atoms with Gasteiger partial charge < -0.3 is 19.6 Å². The summed E-state index contributed by atoms with van der Waals surface area (Å²) in [6.45, 7) is 1.85. The molecule has 0 fully saturated rings. The van der Waals surface area contributed by atoms with Crippen LogP contribution in [0.4, 0.5) is 5.69 Å². The summed E-state index contributed by atoms with van der Waals surface area (Å²) in [5.74, 6) is 0.406. The Bertz CT molecular complexity index is 944. The highest BCUT2D eigenvalue weighted by Crippen LogP contribution is 2.26. The molecule has 0 saturated carbocycles. The fourth-order valence-electron chi connectivity index (χ4n) is 2.18. The van der Waals surface area contributed by atoms with E-state index in [9.17, 15) is 9.59 Å². The van der Waals surface area contributed by atoms with Crippen molar-refractivity contribution in [1.82, 2.24) is 0 Å². The van der Waals surface area contributed by atoms with Crippen molar-refractivity contribution in [2.75, 3.05) is 12.3 Å². The number of ether oxygens (including phenoxy) is 2. The van der Waals surface area contributed by atoms with Gasteiger partial charge in [0, 0.05) is 17.1 Å². The molecule has 0 aliphatic carbocycles. The van der Waals surface area contributed by atoms with E-state index in [-0.39, 0.29) is 12.2 Å². The molecule has 0 atom stereocenters. The van der Waals surface area contributed by atoms with Crippen LogP contribution in [-0.4, -0.2) is 12.6 Å². The van der Waals surface area contributed by atoms with Crippen LogP contribution in [0.25, 0.3) is 11.0 Å². The van der Waals surface area contributed by atoms with Crippen LogP contribution in [0.5, 0.6) is 11.5 Å². The second-order valence-electron chi connectivity index (χ2n) is 5.04. The number of nitrogen functional groups attached to an aromatic ring is 1. The summed E-state index contributed by atoms with van der Waals surface area (Å²) in [6, 6.07) is 13.4. The lowest BCUT2D eigenvalue weighted by atomic mass is 10.2. The minimum Gasteiger partial charge on any atom is -0.462 e. The summed E-state index contributed by atoms with van der Waals surface area (Å²) < 4.78 is 15.7. The van der Waals surface area contributed by atoms with Crippen molar-refractivity contribution in [2.24, 2.45) is 0 Å². The van der Waals surface area contributed by atoms with Gasteiger partial charge >= 0.3 is 11.6 Å². The predicted molar refractivity (Wildman–Crippen MR) is 89.4 cm³/mol. The number of esters is 1. The van der Waals surface area contributed by atoms with E-state index in [1.54, 1.807) is 49.4 Å². The van der Waals surface area contributed by atoms with Gasteiger partial charge in [-0.15, -0.1) is 0 Å². The summed E-state index contributed by atoms with van der Waals surface area (Å²) in [4.78, 5) is 23.7. The number of carbonyl (C=O) groups excluding carboxylic acids is 1. The van der Waals surface area contributed by atoms with Crippen LogP contribution in [0.3, 0.4) is 0 Å². The molecule has 0 bridgehead atoms. The Morgan fingerprint density at radius 3 is 2.50 bits per heavy atom. The number of anilines is 1. The van der Waals surface area contributed by atoms with Gasteiger partial charge in [0.2, 0.25) is 0 Å². The van der Waals surface area contributed by atoms with E-state index in [2.05, 4.69) is 0 Å². The molecule has 1 aromatic heterocycles. The Hall–Kier alpha value is -3.28. The van der Waals surface area contributed by atoms with Crippen LogP contribution in [-0.2, 0) is 4.74 Å². The molecule has 0 amide bonds. The quantitative estimate of drug-likeness (QED) is 0.449. The summed E-state index contributed by atoms with van der Waals surface area (Å²) in [5, 5.41) is 0.599. The van der Waals surface area contributed by atoms with Crippen molar-refractivity contribution in [2.45, 2.75) is 6.92 Å². The topological polar surface area (TPSA) is 91.8 Å². The number of hydrogen-bond donors (Lipinski definition) is 1. The minimum absolute atomic E-state index is 0.128. The smallest absolute Gasteiger partial charge is 0.351 e. The van der Waals surface area contributed by atoms with E-state index in [4.69, 9.17) is 19.6 Å². The molecular formula is C18H15NO5. The van der Waals surface area contributed by atoms with E-state index in [1.165, 1.54) is 6.07 Å². The first-order valence-corrected chi connectivity index (χ1v) is 7.35. The maximum absolute atomic E-state index is 11.9. The average Bonchev–Trinajstić information content (AvgIpc) is 2.56. The molecule has 0 saturated heterocycles. The molecule has 3 aromatic rings. The van der Waals surface area contributed by atoms with Crippen molar-refractivity contribution in [3.63, 3.8) is 0 Å². The van der Waals surface area contributed by atoms with E-state index in [1.807, 2.05) is 0 Å². The molecule has 6 nitrogen and oxygen atoms in total. The molecule has 2 N–H and O–H groups in total. The monoisotopic (exact) mass is 325 g/mol. The molecule has 0 aliphatic rings. The van der Waals surface area contributed by atoms with Crippen molar-refractivity contribution in [3.05, 3.63) is 64.5 Å². The number of nitrogens with two attached hydrogens (primary N) is 1. The van der Waals surface area contributed by atoms with E-state index in [0.717, 1.165) is 0 Å². The van der Waals surface area contributed by atoms with Gasteiger partial charge in [-0.05, 0) is 49.4 Å². The Morgan fingerprint density at radius 1 is 1.08 bits per heavy atom. The van der Waals surface area contributed by atoms with E-state index < -0.39 is 11.6 Å². The van der Waals surface area contributed by atoms with E-state index in [0.29, 0.717) is 28.2 Å².